The van der Waals surface area contributed by atoms with E-state index in [0.29, 0.717) is 0 Å². The molecule has 11 heteroatoms. The predicted octanol–water partition coefficient (Wildman–Crippen LogP) is -0.0221. The summed E-state index contributed by atoms with van der Waals surface area (Å²) in [5, 5.41) is 22.7. The zero-order valence-electron chi connectivity index (χ0n) is 16.5. The average Bonchev–Trinajstić information content (AvgIpc) is 3.16. The van der Waals surface area contributed by atoms with Crippen LogP contribution >= 0.6 is 22.6 Å². The number of aliphatic hydroxyl groups is 1. The summed E-state index contributed by atoms with van der Waals surface area (Å²) >= 11 is 2.37. The molecule has 2 aliphatic rings. The number of rotatable bonds is 9. The number of carboxylic acid groups (broad SMARTS) is 1. The predicted molar refractivity (Wildman–Crippen MR) is 111 cm³/mol. The van der Waals surface area contributed by atoms with E-state index in [1.54, 1.807) is 0 Å². The van der Waals surface area contributed by atoms with Crippen molar-refractivity contribution >= 4 is 28.6 Å². The van der Waals surface area contributed by atoms with Crippen molar-refractivity contribution in [3.8, 4) is 0 Å². The second kappa shape index (κ2) is 8.10. The largest absolute Gasteiger partial charge is 0.480 e. The van der Waals surface area contributed by atoms with Gasteiger partial charge in [-0.3, -0.25) is 19.1 Å². The molecule has 2 heterocycles. The first-order valence-electron chi connectivity index (χ1n) is 9.50. The number of ether oxygens (including phenoxy) is 2. The van der Waals surface area contributed by atoms with Crippen LogP contribution in [0.25, 0.3) is 0 Å². The summed E-state index contributed by atoms with van der Waals surface area (Å²) in [7, 11) is 1.45. The summed E-state index contributed by atoms with van der Waals surface area (Å²) in [6.45, 7) is 3.77. The molecular weight excluding hydrogens is 497 g/mol. The molecule has 1 aromatic heterocycles. The first-order valence-corrected chi connectivity index (χ1v) is 10.6. The number of methoxy groups -OCH3 is 1. The number of carboxylic acids is 1. The molecule has 1 aliphatic carbocycles. The Hall–Kier alpha value is -1.28. The molecule has 2 unspecified atom stereocenters. The lowest BCUT2D eigenvalue weighted by atomic mass is 9.92. The van der Waals surface area contributed by atoms with Gasteiger partial charge in [-0.25, -0.2) is 4.79 Å². The highest BCUT2D eigenvalue weighted by molar-refractivity contribution is 14.1. The van der Waals surface area contributed by atoms with Gasteiger partial charge in [-0.05, 0) is 12.8 Å². The van der Waals surface area contributed by atoms with Gasteiger partial charge in [-0.2, -0.15) is 0 Å². The SMILES string of the molecule is CCC(I)(CC)C1[C@H]2OC(n3cc(CNCC(=O)O)c(=O)[nH]c3=O)[C@H](OC)[C@@]12O. The summed E-state index contributed by atoms with van der Waals surface area (Å²) in [5.41, 5.74) is -2.33. The van der Waals surface area contributed by atoms with Gasteiger partial charge in [0.2, 0.25) is 0 Å². The van der Waals surface area contributed by atoms with E-state index < -0.39 is 41.3 Å². The third-order valence-corrected chi connectivity index (χ3v) is 8.24. The monoisotopic (exact) mass is 523 g/mol. The fourth-order valence-electron chi connectivity index (χ4n) is 4.38. The summed E-state index contributed by atoms with van der Waals surface area (Å²) < 4.78 is 12.7. The highest BCUT2D eigenvalue weighted by atomic mass is 127. The van der Waals surface area contributed by atoms with Crippen LogP contribution in [0, 0.1) is 5.92 Å². The summed E-state index contributed by atoms with van der Waals surface area (Å²) in [6, 6.07) is 0. The van der Waals surface area contributed by atoms with E-state index in [0.717, 1.165) is 12.8 Å². The average molecular weight is 523 g/mol. The molecule has 5 atom stereocenters. The number of nitrogens with one attached hydrogen (secondary N) is 2. The van der Waals surface area contributed by atoms with E-state index >= 15 is 0 Å². The van der Waals surface area contributed by atoms with Crippen LogP contribution in [0.3, 0.4) is 0 Å². The third-order valence-electron chi connectivity index (χ3n) is 6.04. The van der Waals surface area contributed by atoms with Gasteiger partial charge in [0.25, 0.3) is 5.56 Å². The smallest absolute Gasteiger partial charge is 0.330 e. The van der Waals surface area contributed by atoms with Crippen molar-refractivity contribution in [2.75, 3.05) is 13.7 Å². The maximum absolute atomic E-state index is 12.4. The molecule has 1 saturated heterocycles. The minimum atomic E-state index is -1.22. The molecule has 0 aromatic carbocycles. The van der Waals surface area contributed by atoms with Crippen molar-refractivity contribution in [2.24, 2.45) is 5.92 Å². The lowest BCUT2D eigenvalue weighted by molar-refractivity contribution is -0.136. The fraction of sp³-hybridized carbons (Fsp3) is 0.722. The summed E-state index contributed by atoms with van der Waals surface area (Å²) in [4.78, 5) is 37.3. The van der Waals surface area contributed by atoms with Crippen molar-refractivity contribution in [1.82, 2.24) is 14.9 Å². The number of alkyl halides is 1. The van der Waals surface area contributed by atoms with Gasteiger partial charge in [0.1, 0.15) is 11.7 Å². The van der Waals surface area contributed by atoms with Crippen molar-refractivity contribution in [2.45, 2.75) is 60.7 Å². The van der Waals surface area contributed by atoms with Gasteiger partial charge in [0.05, 0.1) is 12.6 Å². The number of aromatic nitrogens is 2. The number of halogens is 1. The van der Waals surface area contributed by atoms with Gasteiger partial charge in [0.15, 0.2) is 6.23 Å². The Labute approximate surface area is 180 Å². The maximum atomic E-state index is 12.4. The lowest BCUT2D eigenvalue weighted by Crippen LogP contribution is -2.45. The molecule has 0 spiro atoms. The van der Waals surface area contributed by atoms with E-state index in [1.165, 1.54) is 17.9 Å². The molecule has 2 fully saturated rings. The lowest BCUT2D eigenvalue weighted by Gasteiger charge is -2.33. The standard InChI is InChI=1S/C18H26IN3O7/c1-4-17(19,5-2)11-12-18(11,27)13(28-3)15(29-12)22-8-9(6-20-7-10(23)24)14(25)21-16(22)26/h8,11-13,15,20,27H,4-7H2,1-3H3,(H,23,24)(H,21,25,26)/t11?,12-,13+,15?,18-/m1/s1. The van der Waals surface area contributed by atoms with Crippen LogP contribution in [0.15, 0.2) is 15.8 Å². The zero-order chi connectivity index (χ0) is 21.6. The number of fused-ring (bicyclic) bond motifs is 1. The molecule has 1 aliphatic heterocycles. The number of carbonyl (C=O) groups is 1. The van der Waals surface area contributed by atoms with Gasteiger partial charge < -0.3 is 25.0 Å². The van der Waals surface area contributed by atoms with E-state index in [4.69, 9.17) is 14.6 Å². The topological polar surface area (TPSA) is 143 Å². The third kappa shape index (κ3) is 3.67. The molecule has 162 valence electrons. The number of hydrogen-bond donors (Lipinski definition) is 4. The Morgan fingerprint density at radius 3 is 2.66 bits per heavy atom. The van der Waals surface area contributed by atoms with Gasteiger partial charge >= 0.3 is 11.7 Å². The number of aliphatic carboxylic acids is 1. The second-order valence-electron chi connectivity index (χ2n) is 7.53. The van der Waals surface area contributed by atoms with E-state index in [-0.39, 0.29) is 28.0 Å². The minimum absolute atomic E-state index is 0.0366. The fourth-order valence-corrected chi connectivity index (χ4v) is 5.20. The molecule has 0 amide bonds. The van der Waals surface area contributed by atoms with Crippen LogP contribution in [-0.4, -0.2) is 60.6 Å². The Bertz CT molecular complexity index is 896. The highest BCUT2D eigenvalue weighted by Crippen LogP contribution is 2.66. The summed E-state index contributed by atoms with van der Waals surface area (Å²) in [6.07, 6.45) is 0.886. The van der Waals surface area contributed by atoms with Crippen LogP contribution in [0.1, 0.15) is 38.5 Å². The Morgan fingerprint density at radius 1 is 1.45 bits per heavy atom. The van der Waals surface area contributed by atoms with E-state index in [2.05, 4.69) is 46.7 Å². The van der Waals surface area contributed by atoms with Gasteiger partial charge in [-0.15, -0.1) is 0 Å². The Balaban J connectivity index is 1.88. The van der Waals surface area contributed by atoms with Crippen LogP contribution in [0.2, 0.25) is 0 Å². The molecular formula is C18H26IN3O7. The van der Waals surface area contributed by atoms with Crippen LogP contribution in [0.4, 0.5) is 0 Å². The first kappa shape index (κ1) is 22.4. The molecule has 10 nitrogen and oxygen atoms in total. The van der Waals surface area contributed by atoms with Crippen molar-refractivity contribution in [3.05, 3.63) is 32.6 Å². The minimum Gasteiger partial charge on any atom is -0.480 e. The van der Waals surface area contributed by atoms with Crippen LogP contribution in [-0.2, 0) is 20.8 Å². The number of H-pyrrole nitrogens is 1. The highest BCUT2D eigenvalue weighted by Gasteiger charge is 2.80. The van der Waals surface area contributed by atoms with E-state index in [1.807, 2.05) is 0 Å². The number of aromatic amines is 1. The Kier molecular flexibility index (Phi) is 6.26. The number of hydrogen-bond acceptors (Lipinski definition) is 7. The molecule has 1 aromatic rings. The van der Waals surface area contributed by atoms with Crippen molar-refractivity contribution in [1.29, 1.82) is 0 Å². The van der Waals surface area contributed by atoms with Crippen molar-refractivity contribution in [3.63, 3.8) is 0 Å². The Morgan fingerprint density at radius 2 is 2.10 bits per heavy atom. The maximum Gasteiger partial charge on any atom is 0.330 e. The van der Waals surface area contributed by atoms with Crippen molar-refractivity contribution < 1.29 is 24.5 Å². The quantitative estimate of drug-likeness (QED) is 0.261. The summed E-state index contributed by atoms with van der Waals surface area (Å²) in [5.74, 6) is -1.18. The normalized spacial score (nSPS) is 30.9. The molecule has 0 bridgehead atoms. The van der Waals surface area contributed by atoms with E-state index in [9.17, 15) is 19.5 Å². The molecule has 4 N–H and O–H groups in total. The van der Waals surface area contributed by atoms with Gasteiger partial charge in [-0.1, -0.05) is 36.4 Å². The molecule has 1 saturated carbocycles. The number of nitrogens with zero attached hydrogens (tertiary/aromatic N) is 1. The first-order chi connectivity index (χ1) is 13.6. The molecule has 0 radical (unpaired) electrons. The van der Waals surface area contributed by atoms with Crippen LogP contribution in [0.5, 0.6) is 0 Å². The van der Waals surface area contributed by atoms with Gasteiger partial charge in [0, 0.05) is 34.8 Å². The second-order valence-corrected chi connectivity index (χ2v) is 9.68. The molecule has 29 heavy (non-hydrogen) atoms. The molecule has 3 rings (SSSR count). The van der Waals surface area contributed by atoms with Crippen LogP contribution < -0.4 is 16.6 Å². The zero-order valence-corrected chi connectivity index (χ0v) is 18.6.